The Bertz CT molecular complexity index is 707. The minimum Gasteiger partial charge on any atom is -0.403 e. The van der Waals surface area contributed by atoms with Gasteiger partial charge < -0.3 is 4.74 Å². The Balaban J connectivity index is 2.46. The van der Waals surface area contributed by atoms with Gasteiger partial charge >= 0.3 is 6.36 Å². The van der Waals surface area contributed by atoms with Gasteiger partial charge in [0.1, 0.15) is 0 Å². The van der Waals surface area contributed by atoms with Crippen LogP contribution in [0.4, 0.5) is 17.6 Å². The van der Waals surface area contributed by atoms with Crippen LogP contribution in [0.1, 0.15) is 11.7 Å². The lowest BCUT2D eigenvalue weighted by molar-refractivity contribution is -0.275. The van der Waals surface area contributed by atoms with Crippen molar-refractivity contribution in [3.63, 3.8) is 0 Å². The molecule has 0 aliphatic heterocycles. The average Bonchev–Trinajstić information content (AvgIpc) is 2.78. The number of rotatable bonds is 3. The van der Waals surface area contributed by atoms with Crippen LogP contribution in [0.25, 0.3) is 10.9 Å². The standard InChI is InChI=1S/C14H14F4N2O2/c1-8(19(2)3)13(21)20-5-4-9-6-12(22-14(16,17)18)10(15)7-11(9)20/h4-8H,1-3H3/t8-/m0/s1. The molecular weight excluding hydrogens is 304 g/mol. The van der Waals surface area contributed by atoms with Crippen molar-refractivity contribution in [2.45, 2.75) is 19.3 Å². The molecule has 0 aliphatic rings. The van der Waals surface area contributed by atoms with Crippen LogP contribution < -0.4 is 4.74 Å². The molecular formula is C14H14F4N2O2. The molecule has 22 heavy (non-hydrogen) atoms. The highest BCUT2D eigenvalue weighted by Crippen LogP contribution is 2.30. The number of fused-ring (bicyclic) bond motifs is 1. The number of likely N-dealkylation sites (N-methyl/N-ethyl adjacent to an activating group) is 1. The maximum atomic E-state index is 13.8. The van der Waals surface area contributed by atoms with Crippen LogP contribution in [0, 0.1) is 5.82 Å². The Morgan fingerprint density at radius 1 is 1.32 bits per heavy atom. The quantitative estimate of drug-likeness (QED) is 0.815. The lowest BCUT2D eigenvalue weighted by Gasteiger charge is -2.19. The number of aromatic nitrogens is 1. The van der Waals surface area contributed by atoms with Crippen molar-refractivity contribution in [2.24, 2.45) is 0 Å². The molecule has 8 heteroatoms. The van der Waals surface area contributed by atoms with E-state index in [-0.39, 0.29) is 16.8 Å². The molecule has 2 rings (SSSR count). The Morgan fingerprint density at radius 2 is 1.95 bits per heavy atom. The van der Waals surface area contributed by atoms with Gasteiger partial charge in [-0.05, 0) is 33.2 Å². The maximum absolute atomic E-state index is 13.8. The fourth-order valence-electron chi connectivity index (χ4n) is 1.95. The number of hydrogen-bond acceptors (Lipinski definition) is 3. The van der Waals surface area contributed by atoms with Crippen LogP contribution in [0.2, 0.25) is 0 Å². The number of ether oxygens (including phenoxy) is 1. The molecule has 0 fully saturated rings. The minimum atomic E-state index is -4.98. The van der Waals surface area contributed by atoms with Gasteiger partial charge in [0.15, 0.2) is 11.6 Å². The van der Waals surface area contributed by atoms with Crippen LogP contribution in [0.5, 0.6) is 5.75 Å². The van der Waals surface area contributed by atoms with E-state index in [4.69, 9.17) is 0 Å². The Morgan fingerprint density at radius 3 is 2.50 bits per heavy atom. The second-order valence-corrected chi connectivity index (χ2v) is 5.05. The zero-order chi connectivity index (χ0) is 16.7. The fraction of sp³-hybridized carbons (Fsp3) is 0.357. The SMILES string of the molecule is C[C@@H](C(=O)n1ccc2cc(OC(F)(F)F)c(F)cc21)N(C)C. The predicted octanol–water partition coefficient (Wildman–Crippen LogP) is 3.27. The van der Waals surface area contributed by atoms with E-state index in [1.807, 2.05) is 0 Å². The molecule has 0 bridgehead atoms. The molecule has 2 aromatic rings. The van der Waals surface area contributed by atoms with Gasteiger partial charge in [-0.1, -0.05) is 0 Å². The van der Waals surface area contributed by atoms with Gasteiger partial charge in [-0.2, -0.15) is 0 Å². The average molecular weight is 318 g/mol. The Labute approximate surface area is 123 Å². The molecule has 0 amide bonds. The molecule has 0 saturated heterocycles. The van der Waals surface area contributed by atoms with E-state index in [0.29, 0.717) is 0 Å². The molecule has 4 nitrogen and oxygen atoms in total. The summed E-state index contributed by atoms with van der Waals surface area (Å²) in [6.07, 6.45) is -3.59. The normalized spacial score (nSPS) is 13.6. The third-order valence-electron chi connectivity index (χ3n) is 3.34. The monoisotopic (exact) mass is 318 g/mol. The summed E-state index contributed by atoms with van der Waals surface area (Å²) in [6.45, 7) is 1.67. The van der Waals surface area contributed by atoms with E-state index in [1.165, 1.54) is 16.8 Å². The van der Waals surface area contributed by atoms with Crippen molar-refractivity contribution in [1.82, 2.24) is 9.47 Å². The summed E-state index contributed by atoms with van der Waals surface area (Å²) >= 11 is 0. The molecule has 0 radical (unpaired) electrons. The summed E-state index contributed by atoms with van der Waals surface area (Å²) in [4.78, 5) is 13.9. The summed E-state index contributed by atoms with van der Waals surface area (Å²) < 4.78 is 55.2. The number of alkyl halides is 3. The number of benzene rings is 1. The zero-order valence-electron chi connectivity index (χ0n) is 12.1. The van der Waals surface area contributed by atoms with E-state index in [2.05, 4.69) is 4.74 Å². The lowest BCUT2D eigenvalue weighted by atomic mass is 10.2. The van der Waals surface area contributed by atoms with Crippen molar-refractivity contribution in [1.29, 1.82) is 0 Å². The molecule has 0 N–H and O–H groups in total. The summed E-state index contributed by atoms with van der Waals surface area (Å²) in [5, 5.41) is 0.278. The number of hydrogen-bond donors (Lipinski definition) is 0. The van der Waals surface area contributed by atoms with Crippen LogP contribution in [0.15, 0.2) is 24.4 Å². The summed E-state index contributed by atoms with van der Waals surface area (Å²) in [7, 11) is 3.42. The van der Waals surface area contributed by atoms with Gasteiger partial charge in [0.05, 0.1) is 11.6 Å². The fourth-order valence-corrected chi connectivity index (χ4v) is 1.95. The highest BCUT2D eigenvalue weighted by molar-refractivity contribution is 5.95. The van der Waals surface area contributed by atoms with Crippen LogP contribution in [0.3, 0.4) is 0 Å². The van der Waals surface area contributed by atoms with E-state index in [0.717, 1.165) is 12.1 Å². The minimum absolute atomic E-state index is 0.186. The highest BCUT2D eigenvalue weighted by Gasteiger charge is 2.32. The molecule has 0 aliphatic carbocycles. The first-order valence-corrected chi connectivity index (χ1v) is 6.37. The first-order valence-electron chi connectivity index (χ1n) is 6.37. The molecule has 1 heterocycles. The smallest absolute Gasteiger partial charge is 0.403 e. The van der Waals surface area contributed by atoms with Gasteiger partial charge in [0, 0.05) is 17.6 Å². The zero-order valence-corrected chi connectivity index (χ0v) is 12.1. The van der Waals surface area contributed by atoms with E-state index < -0.39 is 24.0 Å². The second kappa shape index (κ2) is 5.60. The number of carbonyl (C=O) groups is 1. The topological polar surface area (TPSA) is 34.5 Å². The second-order valence-electron chi connectivity index (χ2n) is 5.05. The van der Waals surface area contributed by atoms with Gasteiger partial charge in [0.25, 0.3) is 0 Å². The van der Waals surface area contributed by atoms with Crippen molar-refractivity contribution < 1.29 is 27.1 Å². The van der Waals surface area contributed by atoms with Crippen molar-refractivity contribution in [2.75, 3.05) is 14.1 Å². The van der Waals surface area contributed by atoms with Gasteiger partial charge in [-0.3, -0.25) is 14.3 Å². The number of carbonyl (C=O) groups excluding carboxylic acids is 1. The molecule has 0 unspecified atom stereocenters. The first-order chi connectivity index (χ1) is 10.1. The Kier molecular flexibility index (Phi) is 4.15. The third kappa shape index (κ3) is 3.22. The summed E-state index contributed by atoms with van der Waals surface area (Å²) in [5.74, 6) is -2.43. The van der Waals surface area contributed by atoms with Gasteiger partial charge in [-0.25, -0.2) is 4.39 Å². The maximum Gasteiger partial charge on any atom is 0.573 e. The highest BCUT2D eigenvalue weighted by atomic mass is 19.4. The van der Waals surface area contributed by atoms with Crippen molar-refractivity contribution >= 4 is 16.8 Å². The van der Waals surface area contributed by atoms with E-state index in [1.54, 1.807) is 25.9 Å². The van der Waals surface area contributed by atoms with Gasteiger partial charge in [0.2, 0.25) is 5.91 Å². The van der Waals surface area contributed by atoms with E-state index >= 15 is 0 Å². The Hall–Kier alpha value is -2.09. The molecule has 1 atom stereocenters. The first kappa shape index (κ1) is 16.3. The molecule has 0 spiro atoms. The molecule has 1 aromatic carbocycles. The van der Waals surface area contributed by atoms with Crippen molar-refractivity contribution in [3.05, 3.63) is 30.2 Å². The lowest BCUT2D eigenvalue weighted by Crippen LogP contribution is -2.36. The van der Waals surface area contributed by atoms with Crippen LogP contribution in [-0.4, -0.2) is 41.9 Å². The summed E-state index contributed by atoms with van der Waals surface area (Å²) in [6, 6.07) is 2.74. The predicted molar refractivity (Wildman–Crippen MR) is 72.4 cm³/mol. The number of nitrogens with zero attached hydrogens (tertiary/aromatic N) is 2. The van der Waals surface area contributed by atoms with E-state index in [9.17, 15) is 22.4 Å². The molecule has 120 valence electrons. The molecule has 0 saturated carbocycles. The molecule has 1 aromatic heterocycles. The van der Waals surface area contributed by atoms with Crippen molar-refractivity contribution in [3.8, 4) is 5.75 Å². The van der Waals surface area contributed by atoms with Gasteiger partial charge in [-0.15, -0.1) is 13.2 Å². The summed E-state index contributed by atoms with van der Waals surface area (Å²) in [5.41, 5.74) is 0.186. The van der Waals surface area contributed by atoms with Crippen LogP contribution >= 0.6 is 0 Å². The largest absolute Gasteiger partial charge is 0.573 e. The third-order valence-corrected chi connectivity index (χ3v) is 3.34. The van der Waals surface area contributed by atoms with Crippen LogP contribution in [-0.2, 0) is 0 Å². The number of halogens is 4.